The molecule has 6 nitrogen and oxygen atoms in total. The number of carbonyl (C=O) groups is 1. The molecule has 0 saturated heterocycles. The normalized spacial score (nSPS) is 14.0. The van der Waals surface area contributed by atoms with Crippen molar-refractivity contribution in [3.63, 3.8) is 0 Å². The fourth-order valence-electron chi connectivity index (χ4n) is 2.92. The molecule has 25 heavy (non-hydrogen) atoms. The van der Waals surface area contributed by atoms with Gasteiger partial charge in [-0.15, -0.1) is 0 Å². The molecule has 0 atom stereocenters. The second-order valence-electron chi connectivity index (χ2n) is 6.23. The largest absolute Gasteiger partial charge is 0.346 e. The highest BCUT2D eigenvalue weighted by Gasteiger charge is 2.26. The van der Waals surface area contributed by atoms with Gasteiger partial charge < -0.3 is 15.6 Å². The zero-order valence-corrected chi connectivity index (χ0v) is 13.6. The maximum Gasteiger partial charge on any atom is 0.270 e. The Morgan fingerprint density at radius 1 is 1.32 bits per heavy atom. The minimum Gasteiger partial charge on any atom is -0.346 e. The van der Waals surface area contributed by atoms with Crippen molar-refractivity contribution in [2.24, 2.45) is 5.73 Å². The molecule has 0 spiro atoms. The fraction of sp³-hybridized carbons (Fsp3) is 0.278. The van der Waals surface area contributed by atoms with Crippen molar-refractivity contribution in [3.8, 4) is 0 Å². The number of benzene rings is 1. The number of fused-ring (bicyclic) bond motifs is 1. The van der Waals surface area contributed by atoms with Crippen LogP contribution in [0.3, 0.4) is 0 Å². The molecule has 0 bridgehead atoms. The number of nitrogens with one attached hydrogen (secondary N) is 1. The maximum atomic E-state index is 14.0. The van der Waals surface area contributed by atoms with E-state index in [2.05, 4.69) is 19.9 Å². The van der Waals surface area contributed by atoms with Gasteiger partial charge in [0.25, 0.3) is 5.91 Å². The molecule has 3 N–H and O–H groups in total. The lowest BCUT2D eigenvalue weighted by Gasteiger charge is -2.08. The van der Waals surface area contributed by atoms with E-state index in [1.807, 2.05) is 12.3 Å². The number of nitrogens with two attached hydrogens (primary N) is 1. The number of nitrogens with zero attached hydrogens (tertiary/aromatic N) is 3. The molecule has 1 saturated carbocycles. The molecule has 4 rings (SSSR count). The molecule has 1 aromatic carbocycles. The van der Waals surface area contributed by atoms with Crippen molar-refractivity contribution in [2.75, 3.05) is 0 Å². The number of carbonyl (C=O) groups excluding carboxylic acids is 1. The van der Waals surface area contributed by atoms with Crippen LogP contribution in [-0.2, 0) is 13.1 Å². The molecule has 7 heteroatoms. The van der Waals surface area contributed by atoms with Crippen LogP contribution in [0.25, 0.3) is 11.0 Å². The Bertz CT molecular complexity index is 948. The summed E-state index contributed by atoms with van der Waals surface area (Å²) < 4.78 is 16.1. The molecule has 1 amide bonds. The molecule has 0 aliphatic heterocycles. The summed E-state index contributed by atoms with van der Waals surface area (Å²) in [5, 5.41) is 3.44. The van der Waals surface area contributed by atoms with E-state index in [1.54, 1.807) is 12.1 Å². The summed E-state index contributed by atoms with van der Waals surface area (Å²) in [4.78, 5) is 20.9. The molecule has 2 aromatic heterocycles. The maximum absolute atomic E-state index is 14.0. The first-order chi connectivity index (χ1) is 12.2. The Morgan fingerprint density at radius 2 is 2.16 bits per heavy atom. The van der Waals surface area contributed by atoms with E-state index in [4.69, 9.17) is 5.73 Å². The third-order valence-corrected chi connectivity index (χ3v) is 4.46. The summed E-state index contributed by atoms with van der Waals surface area (Å²) in [6.07, 6.45) is 5.60. The Labute approximate surface area is 143 Å². The van der Waals surface area contributed by atoms with Gasteiger partial charge in [-0.05, 0) is 30.5 Å². The van der Waals surface area contributed by atoms with E-state index >= 15 is 0 Å². The minimum atomic E-state index is -0.379. The number of halogens is 1. The van der Waals surface area contributed by atoms with Gasteiger partial charge in [-0.25, -0.2) is 14.4 Å². The van der Waals surface area contributed by atoms with Gasteiger partial charge in [0.05, 0.1) is 5.39 Å². The van der Waals surface area contributed by atoms with E-state index in [9.17, 15) is 9.18 Å². The number of aromatic nitrogens is 3. The van der Waals surface area contributed by atoms with Gasteiger partial charge in [-0.1, -0.05) is 12.1 Å². The van der Waals surface area contributed by atoms with E-state index in [1.165, 1.54) is 12.4 Å². The number of hydrogen-bond donors (Lipinski definition) is 2. The van der Waals surface area contributed by atoms with Crippen LogP contribution in [0, 0.1) is 5.82 Å². The van der Waals surface area contributed by atoms with Gasteiger partial charge in [0.2, 0.25) is 0 Å². The molecule has 0 unspecified atom stereocenters. The second kappa shape index (κ2) is 6.25. The summed E-state index contributed by atoms with van der Waals surface area (Å²) >= 11 is 0. The Hall–Kier alpha value is -2.80. The van der Waals surface area contributed by atoms with Crippen LogP contribution in [0.2, 0.25) is 0 Å². The Morgan fingerprint density at radius 3 is 2.88 bits per heavy atom. The summed E-state index contributed by atoms with van der Waals surface area (Å²) in [7, 11) is 0. The predicted molar refractivity (Wildman–Crippen MR) is 91.3 cm³/mol. The highest BCUT2D eigenvalue weighted by Crippen LogP contribution is 2.37. The first-order valence-electron chi connectivity index (χ1n) is 8.24. The lowest BCUT2D eigenvalue weighted by molar-refractivity contribution is 0.0947. The fourth-order valence-corrected chi connectivity index (χ4v) is 2.92. The average Bonchev–Trinajstić information content (AvgIpc) is 3.38. The average molecular weight is 339 g/mol. The van der Waals surface area contributed by atoms with Crippen molar-refractivity contribution in [3.05, 3.63) is 59.4 Å². The van der Waals surface area contributed by atoms with E-state index in [0.717, 1.165) is 18.5 Å². The van der Waals surface area contributed by atoms with Crippen LogP contribution in [0.1, 0.15) is 40.5 Å². The van der Waals surface area contributed by atoms with Gasteiger partial charge in [0.15, 0.2) is 0 Å². The molecule has 128 valence electrons. The minimum absolute atomic E-state index is 0.0876. The molecular weight excluding hydrogens is 321 g/mol. The van der Waals surface area contributed by atoms with E-state index < -0.39 is 0 Å². The highest BCUT2D eigenvalue weighted by atomic mass is 19.1. The molecule has 1 fully saturated rings. The van der Waals surface area contributed by atoms with Gasteiger partial charge in [0, 0.05) is 30.9 Å². The van der Waals surface area contributed by atoms with Crippen molar-refractivity contribution in [1.82, 2.24) is 19.9 Å². The summed E-state index contributed by atoms with van der Waals surface area (Å²) in [5.41, 5.74) is 7.69. The van der Waals surface area contributed by atoms with Crippen LogP contribution < -0.4 is 11.1 Å². The smallest absolute Gasteiger partial charge is 0.270 e. The van der Waals surface area contributed by atoms with Crippen LogP contribution in [0.15, 0.2) is 36.8 Å². The van der Waals surface area contributed by atoms with Crippen molar-refractivity contribution < 1.29 is 9.18 Å². The number of rotatable bonds is 5. The van der Waals surface area contributed by atoms with Gasteiger partial charge in [-0.2, -0.15) is 0 Å². The number of hydrogen-bond acceptors (Lipinski definition) is 4. The standard InChI is InChI=1S/C18H18FN5O/c19-15-7-11(8-20)1-2-12(15)9-21-18(25)16-14-5-6-24(13-3-4-13)17(14)23-10-22-16/h1-2,5-7,10,13H,3-4,8-9,20H2,(H,21,25). The van der Waals surface area contributed by atoms with Gasteiger partial charge in [-0.3, -0.25) is 4.79 Å². The third kappa shape index (κ3) is 2.98. The molecule has 1 aliphatic rings. The van der Waals surface area contributed by atoms with E-state index in [0.29, 0.717) is 28.2 Å². The van der Waals surface area contributed by atoms with Crippen molar-refractivity contribution in [2.45, 2.75) is 32.0 Å². The third-order valence-electron chi connectivity index (χ3n) is 4.46. The molecule has 0 radical (unpaired) electrons. The highest BCUT2D eigenvalue weighted by molar-refractivity contribution is 6.03. The van der Waals surface area contributed by atoms with Crippen LogP contribution in [-0.4, -0.2) is 20.4 Å². The van der Waals surface area contributed by atoms with Gasteiger partial charge >= 0.3 is 0 Å². The summed E-state index contributed by atoms with van der Waals surface area (Å²) in [5.74, 6) is -0.723. The summed E-state index contributed by atoms with van der Waals surface area (Å²) in [6.45, 7) is 0.366. The van der Waals surface area contributed by atoms with Gasteiger partial charge in [0.1, 0.15) is 23.5 Å². The Kier molecular flexibility index (Phi) is 3.93. The lowest BCUT2D eigenvalue weighted by atomic mass is 10.1. The first kappa shape index (κ1) is 15.7. The quantitative estimate of drug-likeness (QED) is 0.747. The van der Waals surface area contributed by atoms with Crippen LogP contribution in [0.4, 0.5) is 4.39 Å². The molecule has 3 aromatic rings. The van der Waals surface area contributed by atoms with Crippen LogP contribution in [0.5, 0.6) is 0 Å². The topological polar surface area (TPSA) is 85.8 Å². The lowest BCUT2D eigenvalue weighted by Crippen LogP contribution is -2.24. The van der Waals surface area contributed by atoms with Crippen LogP contribution >= 0.6 is 0 Å². The summed E-state index contributed by atoms with van der Waals surface area (Å²) in [6, 6.07) is 7.11. The molecular formula is C18H18FN5O. The monoisotopic (exact) mass is 339 g/mol. The van der Waals surface area contributed by atoms with Crippen molar-refractivity contribution >= 4 is 16.9 Å². The first-order valence-corrected chi connectivity index (χ1v) is 8.24. The molecule has 2 heterocycles. The van der Waals surface area contributed by atoms with E-state index in [-0.39, 0.29) is 24.8 Å². The van der Waals surface area contributed by atoms with Crippen molar-refractivity contribution in [1.29, 1.82) is 0 Å². The molecule has 1 aliphatic carbocycles. The SMILES string of the molecule is NCc1ccc(CNC(=O)c2ncnc3c2ccn3C2CC2)c(F)c1. The zero-order chi connectivity index (χ0) is 17.4. The zero-order valence-electron chi connectivity index (χ0n) is 13.6. The number of amides is 1. The second-order valence-corrected chi connectivity index (χ2v) is 6.23. The Balaban J connectivity index is 1.54. The predicted octanol–water partition coefficient (Wildman–Crippen LogP) is 2.29.